The number of aliphatic hydroxyl groups is 1. The van der Waals surface area contributed by atoms with Crippen LogP contribution in [0.2, 0.25) is 5.02 Å². The number of sulfone groups is 1. The first-order valence-corrected chi connectivity index (χ1v) is 16.4. The first-order valence-electron chi connectivity index (χ1n) is 12.6. The summed E-state index contributed by atoms with van der Waals surface area (Å²) in [6.45, 7) is 4.07. The van der Waals surface area contributed by atoms with E-state index in [-0.39, 0.29) is 11.5 Å². The van der Waals surface area contributed by atoms with Crippen LogP contribution >= 0.6 is 11.6 Å². The molecule has 0 saturated heterocycles. The monoisotopic (exact) mass is 619 g/mol. The van der Waals surface area contributed by atoms with Gasteiger partial charge in [-0.2, -0.15) is 0 Å². The van der Waals surface area contributed by atoms with E-state index in [1.807, 2.05) is 0 Å². The van der Waals surface area contributed by atoms with E-state index in [9.17, 15) is 8.42 Å². The van der Waals surface area contributed by atoms with Crippen LogP contribution in [0.15, 0.2) is 47.5 Å². The molecule has 1 atom stereocenters. The maximum atomic E-state index is 12.9. The van der Waals surface area contributed by atoms with Crippen LogP contribution in [-0.2, 0) is 22.7 Å². The van der Waals surface area contributed by atoms with Crippen LogP contribution in [0.4, 0.5) is 11.5 Å². The van der Waals surface area contributed by atoms with Gasteiger partial charge < -0.3 is 0 Å². The van der Waals surface area contributed by atoms with Gasteiger partial charge in [0.1, 0.15) is 0 Å². The minimum absolute atomic E-state index is 0.141. The van der Waals surface area contributed by atoms with E-state index >= 15 is 0 Å². The van der Waals surface area contributed by atoms with Gasteiger partial charge in [0.05, 0.1) is 0 Å². The van der Waals surface area contributed by atoms with E-state index in [2.05, 4.69) is 32.7 Å². The van der Waals surface area contributed by atoms with E-state index in [0.717, 1.165) is 35.8 Å². The third-order valence-corrected chi connectivity index (χ3v) is 11.2. The van der Waals surface area contributed by atoms with Gasteiger partial charge in [0, 0.05) is 0 Å². The Balaban J connectivity index is 1.60. The molecule has 3 N–H and O–H groups in total. The van der Waals surface area contributed by atoms with Crippen molar-refractivity contribution >= 4 is 57.7 Å². The topological polar surface area (TPSA) is 113 Å². The summed E-state index contributed by atoms with van der Waals surface area (Å²) in [7, 11) is -1.83. The number of hydrogen-bond acceptors (Lipinski definition) is 8. The fourth-order valence-electron chi connectivity index (χ4n) is 4.45. The third kappa shape index (κ3) is 6.69. The van der Waals surface area contributed by atoms with Crippen LogP contribution in [0.1, 0.15) is 37.8 Å². The number of benzene rings is 2. The van der Waals surface area contributed by atoms with Gasteiger partial charge >= 0.3 is 237 Å². The molecule has 203 valence electrons. The van der Waals surface area contributed by atoms with Gasteiger partial charge in [-0.15, -0.1) is 0 Å². The third-order valence-electron chi connectivity index (χ3n) is 6.59. The number of aryl methyl sites for hydroxylation is 2. The summed E-state index contributed by atoms with van der Waals surface area (Å²) in [6.07, 6.45) is 5.49. The average Bonchev–Trinajstić information content (AvgIpc) is 3.10. The van der Waals surface area contributed by atoms with Crippen molar-refractivity contribution < 1.29 is 18.3 Å². The van der Waals surface area contributed by atoms with Crippen LogP contribution in [-0.4, -0.2) is 70.8 Å². The number of hydrogen-bond donors (Lipinski definition) is 3. The van der Waals surface area contributed by atoms with Gasteiger partial charge in [-0.1, -0.05) is 0 Å². The second kappa shape index (κ2) is 12.8. The number of aliphatic hydroxyl groups excluding tert-OH is 1. The molecule has 2 aromatic carbocycles. The van der Waals surface area contributed by atoms with Gasteiger partial charge in [0.15, 0.2) is 0 Å². The number of aromatic nitrogens is 2. The summed E-state index contributed by atoms with van der Waals surface area (Å²) in [4.78, 5) is 9.37. The second-order valence-electron chi connectivity index (χ2n) is 9.44. The normalized spacial score (nSPS) is 16.0. The number of para-hydroxylation sites is 1. The predicted octanol–water partition coefficient (Wildman–Crippen LogP) is 2.55. The first-order chi connectivity index (χ1) is 18.2. The molecular formula is C27H33AsClN4O4S. The van der Waals surface area contributed by atoms with Crippen molar-refractivity contribution in [2.45, 2.75) is 55.7 Å². The molecule has 1 aliphatic rings. The summed E-state index contributed by atoms with van der Waals surface area (Å²) in [5.74, 6) is 1.19. The molecule has 8 nitrogen and oxygen atoms in total. The molecule has 38 heavy (non-hydrogen) atoms. The molecule has 1 heterocycles. The summed E-state index contributed by atoms with van der Waals surface area (Å²) in [6, 6.07) is 11.5. The Morgan fingerprint density at radius 3 is 2.58 bits per heavy atom. The molecule has 0 fully saturated rings. The number of halogens is 1. The van der Waals surface area contributed by atoms with Crippen LogP contribution < -0.4 is 24.3 Å². The van der Waals surface area contributed by atoms with Crippen molar-refractivity contribution in [3.05, 3.63) is 58.7 Å². The quantitative estimate of drug-likeness (QED) is 0.235. The van der Waals surface area contributed by atoms with Crippen molar-refractivity contribution in [1.82, 2.24) is 15.3 Å². The molecule has 11 heteroatoms. The second-order valence-corrected chi connectivity index (χ2v) is 14.6. The first kappa shape index (κ1) is 28.8. The maximum absolute atomic E-state index is 12.9. The van der Waals surface area contributed by atoms with Crippen molar-refractivity contribution in [2.24, 2.45) is 0 Å². The van der Waals surface area contributed by atoms with Crippen LogP contribution in [0.3, 0.4) is 0 Å². The molecule has 1 unspecified atom stereocenters. The molecule has 1 aromatic heterocycles. The van der Waals surface area contributed by atoms with E-state index in [1.165, 1.54) is 11.1 Å². The molecule has 3 aromatic rings. The molecule has 0 bridgehead atoms. The van der Waals surface area contributed by atoms with Crippen LogP contribution in [0.25, 0.3) is 0 Å². The van der Waals surface area contributed by atoms with E-state index < -0.39 is 30.8 Å². The zero-order valence-electron chi connectivity index (χ0n) is 21.7. The number of nitrogens with one attached hydrogen (secondary N) is 2. The zero-order chi connectivity index (χ0) is 27.3. The van der Waals surface area contributed by atoms with Gasteiger partial charge in [0.25, 0.3) is 0 Å². The van der Waals surface area contributed by atoms with E-state index in [1.54, 1.807) is 51.4 Å². The molecule has 1 radical (unpaired) electrons. The molecule has 0 aliphatic heterocycles. The number of ether oxygens (including phenoxy) is 1. The molecule has 0 amide bonds. The Hall–Kier alpha value is -2.16. The van der Waals surface area contributed by atoms with Crippen LogP contribution in [0.5, 0.6) is 5.75 Å². The molecule has 0 spiro atoms. The minimum atomic E-state index is -3.51. The predicted molar refractivity (Wildman–Crippen MR) is 153 cm³/mol. The number of rotatable bonds is 10. The number of anilines is 2. The Morgan fingerprint density at radius 2 is 1.89 bits per heavy atom. The fraction of sp³-hybridized carbons (Fsp3) is 0.407. The number of methoxy groups -OCH3 is 1. The van der Waals surface area contributed by atoms with E-state index in [4.69, 9.17) is 21.4 Å². The summed E-state index contributed by atoms with van der Waals surface area (Å²) in [5, 5.41) is 15.5. The SMILES string of the molecule is COc1cc2c(cc1[As]c1ncc(Cl)c(Nc3ccccc3S(=O)(=O)C(C)C)n1)CCC(NCCO)CC2. The van der Waals surface area contributed by atoms with Gasteiger partial charge in [-0.3, -0.25) is 0 Å². The Kier molecular flexibility index (Phi) is 9.71. The fourth-order valence-corrected chi connectivity index (χ4v) is 7.82. The zero-order valence-corrected chi connectivity index (χ0v) is 25.2. The summed E-state index contributed by atoms with van der Waals surface area (Å²) >= 11 is 5.80. The van der Waals surface area contributed by atoms with Gasteiger partial charge in [0.2, 0.25) is 0 Å². The van der Waals surface area contributed by atoms with Crippen molar-refractivity contribution in [3.63, 3.8) is 0 Å². The molecule has 4 rings (SSSR count). The summed E-state index contributed by atoms with van der Waals surface area (Å²) in [5.41, 5.74) is 3.03. The Bertz CT molecular complexity index is 1390. The van der Waals surface area contributed by atoms with Crippen molar-refractivity contribution in [3.8, 4) is 5.75 Å². The molecule has 0 saturated carbocycles. The van der Waals surface area contributed by atoms with E-state index in [0.29, 0.717) is 33.7 Å². The van der Waals surface area contributed by atoms with Gasteiger partial charge in [-0.25, -0.2) is 0 Å². The standard InChI is InChI=1S/C27H33AsClN4O4S/c1-17(2)38(35,36)25-7-5-4-6-23(25)32-26-22(29)16-31-27(33-26)28-21-14-18-8-10-20(30-12-13-34)11-9-19(18)15-24(21)37-3/h4-7,14-17,20,30,34H,8-13H2,1-3H3,(H,31,32,33). The average molecular weight is 620 g/mol. The van der Waals surface area contributed by atoms with Crippen molar-refractivity contribution in [1.29, 1.82) is 0 Å². The molecule has 1 aliphatic carbocycles. The van der Waals surface area contributed by atoms with Crippen LogP contribution in [0, 0.1) is 0 Å². The Labute approximate surface area is 236 Å². The number of fused-ring (bicyclic) bond motifs is 1. The number of nitrogens with zero attached hydrogens (tertiary/aromatic N) is 2. The summed E-state index contributed by atoms with van der Waals surface area (Å²) < 4.78 is 33.2. The molecular weight excluding hydrogens is 587 g/mol. The van der Waals surface area contributed by atoms with Crippen molar-refractivity contribution in [2.75, 3.05) is 25.6 Å². The Morgan fingerprint density at radius 1 is 1.18 bits per heavy atom. The van der Waals surface area contributed by atoms with Gasteiger partial charge in [-0.05, 0) is 0 Å².